The molecule has 0 bridgehead atoms. The van der Waals surface area contributed by atoms with Crippen LogP contribution in [0.25, 0.3) is 33.4 Å². The van der Waals surface area contributed by atoms with Gasteiger partial charge in [0.25, 0.3) is 0 Å². The molecule has 3 aliphatic carbocycles. The average Bonchev–Trinajstić information content (AvgIpc) is 3.88. The van der Waals surface area contributed by atoms with E-state index >= 15 is 95.7 Å². The minimum absolute atomic E-state index is 3.29. The molecule has 0 heterocycles. The van der Waals surface area contributed by atoms with Crippen molar-refractivity contribution in [1.82, 2.24) is 0 Å². The van der Waals surface area contributed by atoms with Crippen molar-refractivity contribution in [3.05, 3.63) is 173 Å². The van der Waals surface area contributed by atoms with E-state index in [0.717, 1.165) is 0 Å². The molecule has 0 aromatic heterocycles. The smallest absolute Gasteiger partial charge is 0.486 e. The highest BCUT2D eigenvalue weighted by Crippen LogP contribution is 2.75. The molecule has 0 spiro atoms. The van der Waals surface area contributed by atoms with Gasteiger partial charge < -0.3 is 3.52 Å². The Labute approximate surface area is 355 Å². The molecule has 0 unspecified atom stereocenters. The molecule has 3 aliphatic rings. The third kappa shape index (κ3) is 4.58. The zero-order chi connectivity index (χ0) is 50.8. The molecule has 0 radical (unpaired) electrons. The van der Waals surface area contributed by atoms with Crippen molar-refractivity contribution in [2.75, 3.05) is 0 Å². The van der Waals surface area contributed by atoms with Crippen molar-refractivity contribution >= 4 is 13.5 Å². The second-order valence-corrected chi connectivity index (χ2v) is 18.8. The van der Waals surface area contributed by atoms with Gasteiger partial charge >= 0.3 is 13.5 Å². The van der Waals surface area contributed by atoms with E-state index in [-0.39, 0.29) is 0 Å². The quantitative estimate of drug-likeness (QED) is 0.0717. The molecule has 0 saturated heterocycles. The molecule has 0 amide bonds. The molecule has 9 rings (SSSR count). The summed E-state index contributed by atoms with van der Waals surface area (Å²) in [6.45, 7) is 0. The van der Waals surface area contributed by atoms with Crippen molar-refractivity contribution in [1.29, 1.82) is 0 Å². The first-order valence-corrected chi connectivity index (χ1v) is 19.6. The molecule has 0 aliphatic heterocycles. The summed E-state index contributed by atoms with van der Waals surface area (Å²) in [6.07, 6.45) is 0. The van der Waals surface area contributed by atoms with E-state index in [1.807, 2.05) is 0 Å². The Morgan fingerprint density at radius 1 is 0.176 bits per heavy atom. The predicted molar refractivity (Wildman–Crippen MR) is 167 cm³/mol. The van der Waals surface area contributed by atoms with Crippen LogP contribution < -0.4 is 0 Å². The molecule has 29 heteroatoms. The first-order valence-electron chi connectivity index (χ1n) is 17.4. The summed E-state index contributed by atoms with van der Waals surface area (Å²) in [7, 11) is 0. The zero-order valence-corrected chi connectivity index (χ0v) is 31.8. The van der Waals surface area contributed by atoms with Crippen molar-refractivity contribution in [2.24, 2.45) is 0 Å². The molecule has 6 aromatic carbocycles. The Morgan fingerprint density at radius 2 is 0.279 bits per heavy atom. The van der Waals surface area contributed by atoms with Gasteiger partial charge in [-0.05, 0) is 0 Å². The third-order valence-electron chi connectivity index (χ3n) is 12.2. The van der Waals surface area contributed by atoms with Crippen LogP contribution in [-0.4, -0.2) is 13.5 Å². The summed E-state index contributed by atoms with van der Waals surface area (Å²) >= 11 is -11.6. The summed E-state index contributed by atoms with van der Waals surface area (Å²) < 4.78 is 433. The lowest BCUT2D eigenvalue weighted by atomic mass is 10.0. The minimum Gasteiger partial charge on any atom is -0.586 e. The second-order valence-electron chi connectivity index (χ2n) is 14.9. The highest BCUT2D eigenvalue weighted by Gasteiger charge is 2.86. The number of rotatable bonds is 3. The lowest BCUT2D eigenvalue weighted by molar-refractivity contribution is 0.154. The second kappa shape index (κ2) is 13.8. The Balaban J connectivity index is 1.73. The van der Waals surface area contributed by atoms with E-state index in [2.05, 4.69) is 0 Å². The Morgan fingerprint density at radius 3 is 0.397 bits per heavy atom. The molecule has 0 N–H and O–H groups in total. The molecule has 0 nitrogen and oxygen atoms in total. The van der Waals surface area contributed by atoms with E-state index in [0.29, 0.717) is 0 Å². The van der Waals surface area contributed by atoms with Crippen LogP contribution in [0, 0.1) is 140 Å². The van der Waals surface area contributed by atoms with Gasteiger partial charge in [0.1, 0.15) is 0 Å². The van der Waals surface area contributed by atoms with E-state index in [1.165, 1.54) is 0 Å². The number of hydrogen-bond donors (Lipinski definition) is 0. The van der Waals surface area contributed by atoms with Gasteiger partial charge in [0.2, 0.25) is 0 Å². The highest BCUT2D eigenvalue weighted by molar-refractivity contribution is 6.83. The molecule has 0 atom stereocenters. The van der Waals surface area contributed by atoms with Gasteiger partial charge in [-0.2, -0.15) is 0 Å². The Bertz CT molecular complexity index is 2900. The van der Waals surface area contributed by atoms with Crippen LogP contribution in [-0.2, 0) is 13.6 Å². The minimum atomic E-state index is -11.6. The standard InChI is InChI=1S/3C13F9.Al.FH/c3*14-5-3-1(6(15)10(19)12(21)8(3)17)2-4(5)9(18)13(22)11(20)7(2)16;;/h;;;;1H/p-1. The van der Waals surface area contributed by atoms with Crippen molar-refractivity contribution < 1.29 is 122 Å². The van der Waals surface area contributed by atoms with Crippen molar-refractivity contribution in [2.45, 2.75) is 13.6 Å². The lowest BCUT2D eigenvalue weighted by Crippen LogP contribution is -2.73. The maximum atomic E-state index is 20.4. The fourth-order valence-corrected chi connectivity index (χ4v) is 15.3. The molecule has 68 heavy (non-hydrogen) atoms. The van der Waals surface area contributed by atoms with Gasteiger partial charge in [0.15, 0.2) is 140 Å². The molecule has 6 aromatic rings. The van der Waals surface area contributed by atoms with Crippen molar-refractivity contribution in [3.63, 3.8) is 0 Å². The number of alkyl halides is 3. The van der Waals surface area contributed by atoms with Gasteiger partial charge in [-0.25, -0.2) is 105 Å². The summed E-state index contributed by atoms with van der Waals surface area (Å²) in [4.78, 5) is 0. The molecular formula is C39AlF28-. The van der Waals surface area contributed by atoms with Crippen LogP contribution >= 0.6 is 0 Å². The van der Waals surface area contributed by atoms with Gasteiger partial charge in [0.05, 0.1) is 13.6 Å². The lowest BCUT2D eigenvalue weighted by Gasteiger charge is -2.55. The van der Waals surface area contributed by atoms with E-state index in [1.54, 1.807) is 0 Å². The van der Waals surface area contributed by atoms with E-state index in [4.69, 9.17) is 0 Å². The summed E-state index contributed by atoms with van der Waals surface area (Å²) in [5.41, 5.74) is -43.1. The fraction of sp³-hybridized carbons (Fsp3) is 0.0769. The molecular weight excluding hydrogens is 1030 g/mol. The predicted octanol–water partition coefficient (Wildman–Crippen LogP) is 13.5. The monoisotopic (exact) mass is 1030 g/mol. The van der Waals surface area contributed by atoms with Crippen LogP contribution in [0.5, 0.6) is 0 Å². The van der Waals surface area contributed by atoms with Crippen LogP contribution in [0.15, 0.2) is 0 Å². The summed E-state index contributed by atoms with van der Waals surface area (Å²) in [6, 6.07) is 0. The molecule has 356 valence electrons. The van der Waals surface area contributed by atoms with Gasteiger partial charge in [-0.3, -0.25) is 13.2 Å². The molecule has 0 fully saturated rings. The summed E-state index contributed by atoms with van der Waals surface area (Å²) in [5.74, 6) is -89.9. The highest BCUT2D eigenvalue weighted by atomic mass is 27.3. The summed E-state index contributed by atoms with van der Waals surface area (Å²) in [5, 5.41) is 0. The van der Waals surface area contributed by atoms with Crippen molar-refractivity contribution in [3.8, 4) is 33.4 Å². The van der Waals surface area contributed by atoms with E-state index < -0.39 is 234 Å². The third-order valence-corrected chi connectivity index (χ3v) is 17.2. The zero-order valence-electron chi connectivity index (χ0n) is 30.7. The first kappa shape index (κ1) is 47.0. The maximum absolute atomic E-state index is 20.4. The van der Waals surface area contributed by atoms with Crippen LogP contribution in [0.2, 0.25) is 0 Å². The van der Waals surface area contributed by atoms with Gasteiger partial charge in [-0.15, -0.1) is 0 Å². The number of hydrogen-bond acceptors (Lipinski definition) is 0. The molecule has 0 saturated carbocycles. The Hall–Kier alpha value is -6.11. The number of fused-ring (bicyclic) bond motifs is 9. The maximum Gasteiger partial charge on any atom is 0.486 e. The van der Waals surface area contributed by atoms with E-state index in [9.17, 15) is 26.3 Å². The van der Waals surface area contributed by atoms with Crippen LogP contribution in [0.1, 0.15) is 33.4 Å². The largest absolute Gasteiger partial charge is 0.586 e. The SMILES string of the molecule is Fc1c(F)c(F)c2c(c1F)-c1c(F)c(F)c(F)c(F)c1[C]2(F)[Al-]([F])([C]1(F)c2c(F)c(F)c(F)c(F)c2-c2c(F)c(F)c(F)c(F)c21)[C]1(F)c2c(F)c(F)c(F)c(F)c2-c2c(F)c(F)c(F)c(F)c21. The normalized spacial score (nSPS) is 15.7. The average molecular weight is 1030 g/mol. The Kier molecular flexibility index (Phi) is 9.52. The van der Waals surface area contributed by atoms with Gasteiger partial charge in [0, 0.05) is 66.8 Å². The van der Waals surface area contributed by atoms with Gasteiger partial charge in [-0.1, -0.05) is 0 Å². The van der Waals surface area contributed by atoms with Crippen LogP contribution in [0.4, 0.5) is 122 Å². The van der Waals surface area contributed by atoms with Crippen LogP contribution in [0.3, 0.4) is 0 Å². The first-order chi connectivity index (χ1) is 31.3. The topological polar surface area (TPSA) is 0 Å². The fourth-order valence-electron chi connectivity index (χ4n) is 9.64. The number of halogens is 28. The number of benzene rings is 6.